The van der Waals surface area contributed by atoms with Crippen LogP contribution in [0, 0.1) is 0 Å². The Bertz CT molecular complexity index is 3960. The lowest BCUT2D eigenvalue weighted by Gasteiger charge is -2.34. The van der Waals surface area contributed by atoms with Crippen LogP contribution in [0.1, 0.15) is 22.3 Å². The minimum absolute atomic E-state index is 0.482. The van der Waals surface area contributed by atoms with Crippen LogP contribution in [0.5, 0.6) is 0 Å². The SMILES string of the molecule is c1ccc(C2(c3ccccc3)c3ccccc3-c3ccc(-n4c5ccccc5c5c6c7ccccc7n(-c7ccc(-c8cccc9c8sc8ccccc89)cc7)c6ccc54)cc32)cc1. The highest BCUT2D eigenvalue weighted by molar-refractivity contribution is 7.26. The highest BCUT2D eigenvalue weighted by Crippen LogP contribution is 2.57. The fraction of sp³-hybridized carbons (Fsp3) is 0.0164. The molecule has 14 rings (SSSR count). The van der Waals surface area contributed by atoms with Gasteiger partial charge in [-0.1, -0.05) is 176 Å². The summed E-state index contributed by atoms with van der Waals surface area (Å²) in [5, 5.41) is 7.70. The molecule has 3 heterocycles. The summed E-state index contributed by atoms with van der Waals surface area (Å²) in [6.07, 6.45) is 0. The predicted molar refractivity (Wildman–Crippen MR) is 271 cm³/mol. The first-order valence-electron chi connectivity index (χ1n) is 22.1. The van der Waals surface area contributed by atoms with Crippen LogP contribution >= 0.6 is 11.3 Å². The van der Waals surface area contributed by atoms with Gasteiger partial charge >= 0.3 is 0 Å². The Labute approximate surface area is 374 Å². The second-order valence-electron chi connectivity index (χ2n) is 17.1. The van der Waals surface area contributed by atoms with Crippen LogP contribution in [-0.4, -0.2) is 9.13 Å². The van der Waals surface area contributed by atoms with Gasteiger partial charge in [-0.25, -0.2) is 0 Å². The molecule has 0 bridgehead atoms. The molecule has 1 aliphatic carbocycles. The van der Waals surface area contributed by atoms with Gasteiger partial charge in [0.05, 0.1) is 27.5 Å². The molecule has 0 atom stereocenters. The van der Waals surface area contributed by atoms with E-state index in [1.165, 1.54) is 108 Å². The van der Waals surface area contributed by atoms with E-state index in [4.69, 9.17) is 0 Å². The van der Waals surface area contributed by atoms with Crippen molar-refractivity contribution in [3.05, 3.63) is 253 Å². The van der Waals surface area contributed by atoms with Crippen LogP contribution in [-0.2, 0) is 5.41 Å². The van der Waals surface area contributed by atoms with Crippen LogP contribution in [0.4, 0.5) is 0 Å². The molecule has 0 spiro atoms. The summed E-state index contributed by atoms with van der Waals surface area (Å²) in [4.78, 5) is 0. The van der Waals surface area contributed by atoms with Gasteiger partial charge in [0.15, 0.2) is 0 Å². The number of hydrogen-bond donors (Lipinski definition) is 0. The van der Waals surface area contributed by atoms with Crippen LogP contribution in [0.15, 0.2) is 231 Å². The summed E-state index contributed by atoms with van der Waals surface area (Å²) in [7, 11) is 0. The molecule has 0 saturated carbocycles. The predicted octanol–water partition coefficient (Wildman–Crippen LogP) is 16.3. The maximum absolute atomic E-state index is 2.50. The fourth-order valence-electron chi connectivity index (χ4n) is 11.4. The first-order chi connectivity index (χ1) is 31.8. The van der Waals surface area contributed by atoms with Crippen molar-refractivity contribution < 1.29 is 0 Å². The summed E-state index contributed by atoms with van der Waals surface area (Å²) < 4.78 is 7.63. The lowest BCUT2D eigenvalue weighted by molar-refractivity contribution is 0.767. The first kappa shape index (κ1) is 35.6. The molecule has 0 unspecified atom stereocenters. The molecular weight excluding hydrogens is 793 g/mol. The topological polar surface area (TPSA) is 9.86 Å². The van der Waals surface area contributed by atoms with Gasteiger partial charge < -0.3 is 9.13 Å². The van der Waals surface area contributed by atoms with Crippen molar-refractivity contribution in [3.63, 3.8) is 0 Å². The van der Waals surface area contributed by atoms with Gasteiger partial charge in [0, 0.05) is 53.1 Å². The third kappa shape index (κ3) is 4.79. The lowest BCUT2D eigenvalue weighted by Crippen LogP contribution is -2.28. The number of thiophene rings is 1. The summed E-state index contributed by atoms with van der Waals surface area (Å²) in [6, 6.07) is 85.7. The summed E-state index contributed by atoms with van der Waals surface area (Å²) >= 11 is 1.88. The smallest absolute Gasteiger partial charge is 0.0714 e. The van der Waals surface area contributed by atoms with E-state index < -0.39 is 5.41 Å². The average Bonchev–Trinajstić information content (AvgIpc) is 4.10. The Morgan fingerprint density at radius 1 is 0.328 bits per heavy atom. The van der Waals surface area contributed by atoms with E-state index in [1.807, 2.05) is 11.3 Å². The molecule has 3 aromatic heterocycles. The van der Waals surface area contributed by atoms with Crippen LogP contribution in [0.2, 0.25) is 0 Å². The lowest BCUT2D eigenvalue weighted by atomic mass is 9.67. The van der Waals surface area contributed by atoms with E-state index in [2.05, 4.69) is 240 Å². The number of benzene rings is 10. The molecule has 0 aliphatic heterocycles. The van der Waals surface area contributed by atoms with Crippen LogP contribution in [0.3, 0.4) is 0 Å². The summed E-state index contributed by atoms with van der Waals surface area (Å²) in [5.41, 5.74) is 16.9. The van der Waals surface area contributed by atoms with Gasteiger partial charge in [-0.05, 0) is 99.1 Å². The molecule has 0 radical (unpaired) electrons. The maximum atomic E-state index is 2.50. The normalized spacial score (nSPS) is 13.1. The summed E-state index contributed by atoms with van der Waals surface area (Å²) in [5.74, 6) is 0. The number of fused-ring (bicyclic) bond motifs is 13. The van der Waals surface area contributed by atoms with Crippen LogP contribution in [0.25, 0.3) is 97.4 Å². The Hall–Kier alpha value is -7.98. The molecule has 0 fully saturated rings. The zero-order chi connectivity index (χ0) is 41.9. The minimum Gasteiger partial charge on any atom is -0.309 e. The average molecular weight is 831 g/mol. The molecule has 0 saturated heterocycles. The van der Waals surface area contributed by atoms with Crippen molar-refractivity contribution in [2.45, 2.75) is 5.41 Å². The van der Waals surface area contributed by atoms with Crippen molar-refractivity contribution in [1.82, 2.24) is 9.13 Å². The van der Waals surface area contributed by atoms with E-state index >= 15 is 0 Å². The number of nitrogens with zero attached hydrogens (tertiary/aromatic N) is 2. The number of para-hydroxylation sites is 2. The molecular formula is C61H38N2S. The largest absolute Gasteiger partial charge is 0.309 e. The molecule has 3 heteroatoms. The molecule has 298 valence electrons. The van der Waals surface area contributed by atoms with E-state index in [0.717, 1.165) is 11.4 Å². The second kappa shape index (κ2) is 13.5. The molecule has 0 amide bonds. The minimum atomic E-state index is -0.482. The monoisotopic (exact) mass is 830 g/mol. The quantitative estimate of drug-likeness (QED) is 0.164. The van der Waals surface area contributed by atoms with Gasteiger partial charge in [0.2, 0.25) is 0 Å². The van der Waals surface area contributed by atoms with Crippen LogP contribution < -0.4 is 0 Å². The van der Waals surface area contributed by atoms with E-state index in [0.29, 0.717) is 0 Å². The molecule has 1 aliphatic rings. The number of rotatable bonds is 5. The zero-order valence-electron chi connectivity index (χ0n) is 34.7. The highest BCUT2D eigenvalue weighted by atomic mass is 32.1. The first-order valence-corrected chi connectivity index (χ1v) is 22.9. The maximum Gasteiger partial charge on any atom is 0.0714 e. The van der Waals surface area contributed by atoms with E-state index in [9.17, 15) is 0 Å². The van der Waals surface area contributed by atoms with Crippen molar-refractivity contribution in [1.29, 1.82) is 0 Å². The Balaban J connectivity index is 0.987. The van der Waals surface area contributed by atoms with Gasteiger partial charge in [-0.15, -0.1) is 11.3 Å². The van der Waals surface area contributed by atoms with Gasteiger partial charge in [0.1, 0.15) is 0 Å². The van der Waals surface area contributed by atoms with Crippen molar-refractivity contribution in [2.24, 2.45) is 0 Å². The Kier molecular flexibility index (Phi) is 7.51. The third-order valence-electron chi connectivity index (χ3n) is 14.0. The molecule has 64 heavy (non-hydrogen) atoms. The van der Waals surface area contributed by atoms with Crippen molar-refractivity contribution in [3.8, 4) is 33.6 Å². The van der Waals surface area contributed by atoms with Gasteiger partial charge in [-0.2, -0.15) is 0 Å². The molecule has 13 aromatic rings. The van der Waals surface area contributed by atoms with Crippen molar-refractivity contribution >= 4 is 75.1 Å². The van der Waals surface area contributed by atoms with Crippen molar-refractivity contribution in [2.75, 3.05) is 0 Å². The zero-order valence-corrected chi connectivity index (χ0v) is 35.6. The Morgan fingerprint density at radius 3 is 1.53 bits per heavy atom. The standard InChI is InChI=1S/C61H38N2S/c1-3-16-40(17-4-1)61(41-18-5-2-6-19-41)51-26-11-7-20-45(51)46-35-34-43(38-52(46)61)63-54-28-13-9-23-50(54)59-56(63)37-36-55-58(59)49-22-8-12-27-53(49)62(55)42-32-30-39(31-33-42)44-24-15-25-48-47-21-10-14-29-57(47)64-60(44)48/h1-38H. The molecule has 0 N–H and O–H groups in total. The number of aromatic nitrogens is 2. The summed E-state index contributed by atoms with van der Waals surface area (Å²) in [6.45, 7) is 0. The van der Waals surface area contributed by atoms with Gasteiger partial charge in [-0.3, -0.25) is 0 Å². The van der Waals surface area contributed by atoms with Gasteiger partial charge in [0.25, 0.3) is 0 Å². The second-order valence-corrected chi connectivity index (χ2v) is 18.2. The third-order valence-corrected chi connectivity index (χ3v) is 15.2. The molecule has 10 aromatic carbocycles. The highest BCUT2D eigenvalue weighted by Gasteiger charge is 2.46. The number of hydrogen-bond acceptors (Lipinski definition) is 1. The molecule has 2 nitrogen and oxygen atoms in total. The fourth-order valence-corrected chi connectivity index (χ4v) is 12.6. The van der Waals surface area contributed by atoms with E-state index in [1.54, 1.807) is 0 Å². The van der Waals surface area contributed by atoms with E-state index in [-0.39, 0.29) is 0 Å². The Morgan fingerprint density at radius 2 is 0.844 bits per heavy atom.